The van der Waals surface area contributed by atoms with Crippen LogP contribution < -0.4 is 0 Å². The van der Waals surface area contributed by atoms with Crippen molar-refractivity contribution in [3.05, 3.63) is 0 Å². The summed E-state index contributed by atoms with van der Waals surface area (Å²) in [5.74, 6) is 0.340. The molecule has 0 aromatic rings. The molecule has 0 atom stereocenters. The maximum atomic E-state index is 11.1. The Hall–Kier alpha value is -0.710. The Morgan fingerprint density at radius 3 is 2.58 bits per heavy atom. The van der Waals surface area contributed by atoms with Gasteiger partial charge in [-0.3, -0.25) is 0 Å². The number of hydrogen-bond acceptors (Lipinski definition) is 5. The fourth-order valence-corrected chi connectivity index (χ4v) is 1.11. The molecule has 0 heterocycles. The third-order valence-electron chi connectivity index (χ3n) is 0.905. The fraction of sp³-hybridized carbons (Fsp3) is 0.714. The molecule has 4 nitrogen and oxygen atoms in total. The summed E-state index contributed by atoms with van der Waals surface area (Å²) in [6.07, 6.45) is 0. The van der Waals surface area contributed by atoms with Crippen LogP contribution in [0.15, 0.2) is 5.16 Å². The first-order chi connectivity index (χ1) is 5.76. The van der Waals surface area contributed by atoms with Crippen LogP contribution in [0.4, 0.5) is 0 Å². The minimum Gasteiger partial charge on any atom is -0.461 e. The fourth-order valence-electron chi connectivity index (χ4n) is 0.535. The second-order valence-electron chi connectivity index (χ2n) is 1.73. The first-order valence-corrected chi connectivity index (χ1v) is 4.65. The van der Waals surface area contributed by atoms with Crippen molar-refractivity contribution >= 4 is 22.8 Å². The molecule has 0 rings (SSSR count). The highest BCUT2D eigenvalue weighted by Gasteiger charge is 2.12. The van der Waals surface area contributed by atoms with E-state index in [0.29, 0.717) is 6.61 Å². The quantitative estimate of drug-likeness (QED) is 0.291. The van der Waals surface area contributed by atoms with E-state index in [1.165, 1.54) is 18.9 Å². The molecule has 0 saturated heterocycles. The highest BCUT2D eigenvalue weighted by atomic mass is 32.2. The highest BCUT2D eigenvalue weighted by molar-refractivity contribution is 8.15. The Bertz CT molecular complexity index is 170. The predicted octanol–water partition coefficient (Wildman–Crippen LogP) is 1.26. The summed E-state index contributed by atoms with van der Waals surface area (Å²) in [4.78, 5) is 15.6. The van der Waals surface area contributed by atoms with Crippen molar-refractivity contribution in [3.8, 4) is 0 Å². The summed E-state index contributed by atoms with van der Waals surface area (Å²) < 4.78 is 4.74. The zero-order chi connectivity index (χ0) is 9.40. The van der Waals surface area contributed by atoms with Gasteiger partial charge in [0.2, 0.25) is 5.04 Å². The topological polar surface area (TPSA) is 47.9 Å². The Morgan fingerprint density at radius 1 is 1.50 bits per heavy atom. The number of ether oxygens (including phenoxy) is 1. The third-order valence-corrected chi connectivity index (χ3v) is 1.71. The second-order valence-corrected chi connectivity index (χ2v) is 2.99. The average molecular weight is 191 g/mol. The number of rotatable bonds is 3. The average Bonchev–Trinajstić information content (AvgIpc) is 2.04. The molecule has 70 valence electrons. The van der Waals surface area contributed by atoms with E-state index in [0.717, 1.165) is 5.75 Å². The van der Waals surface area contributed by atoms with Crippen LogP contribution >= 0.6 is 11.8 Å². The summed E-state index contributed by atoms with van der Waals surface area (Å²) in [6, 6.07) is 0. The number of thioether (sulfide) groups is 1. The Morgan fingerprint density at radius 2 is 2.17 bits per heavy atom. The van der Waals surface area contributed by atoms with Crippen LogP contribution in [0.1, 0.15) is 13.8 Å². The van der Waals surface area contributed by atoms with Gasteiger partial charge in [-0.15, -0.1) is 0 Å². The van der Waals surface area contributed by atoms with Gasteiger partial charge in [0.1, 0.15) is 7.11 Å². The van der Waals surface area contributed by atoms with Gasteiger partial charge in [-0.1, -0.05) is 23.8 Å². The molecule has 0 aliphatic carbocycles. The van der Waals surface area contributed by atoms with Gasteiger partial charge in [-0.05, 0) is 12.7 Å². The van der Waals surface area contributed by atoms with Crippen LogP contribution in [-0.2, 0) is 14.4 Å². The van der Waals surface area contributed by atoms with Gasteiger partial charge in [0.05, 0.1) is 6.61 Å². The Labute approximate surface area is 76.3 Å². The SMILES string of the molecule is CCOC(=O)C(=NOC)SCC. The van der Waals surface area contributed by atoms with Crippen molar-refractivity contribution in [2.75, 3.05) is 19.5 Å². The smallest absolute Gasteiger partial charge is 0.367 e. The molecule has 0 amide bonds. The maximum absolute atomic E-state index is 11.1. The van der Waals surface area contributed by atoms with Gasteiger partial charge in [0.25, 0.3) is 0 Å². The summed E-state index contributed by atoms with van der Waals surface area (Å²) in [7, 11) is 1.40. The van der Waals surface area contributed by atoms with Crippen LogP contribution in [0.2, 0.25) is 0 Å². The van der Waals surface area contributed by atoms with Gasteiger partial charge in [0, 0.05) is 0 Å². The molecule has 5 heteroatoms. The number of esters is 1. The summed E-state index contributed by atoms with van der Waals surface area (Å²) in [6.45, 7) is 4.03. The molecule has 0 aromatic carbocycles. The van der Waals surface area contributed by atoms with Crippen molar-refractivity contribution in [2.45, 2.75) is 13.8 Å². The standard InChI is InChI=1S/C7H13NO3S/c1-4-11-7(9)6(8-10-3)12-5-2/h4-5H2,1-3H3. The Balaban J connectivity index is 4.09. The van der Waals surface area contributed by atoms with Crippen LogP contribution in [-0.4, -0.2) is 30.5 Å². The monoisotopic (exact) mass is 191 g/mol. The molecule has 0 saturated carbocycles. The third kappa shape index (κ3) is 4.23. The minimum absolute atomic E-state index is 0.266. The summed E-state index contributed by atoms with van der Waals surface area (Å²) >= 11 is 1.30. The lowest BCUT2D eigenvalue weighted by molar-refractivity contribution is -0.134. The molecule has 0 bridgehead atoms. The molecule has 0 radical (unpaired) electrons. The van der Waals surface area contributed by atoms with Gasteiger partial charge in [-0.2, -0.15) is 0 Å². The number of nitrogens with zero attached hydrogens (tertiary/aromatic N) is 1. The lowest BCUT2D eigenvalue weighted by Gasteiger charge is -2.02. The van der Waals surface area contributed by atoms with Gasteiger partial charge < -0.3 is 9.57 Å². The van der Waals surface area contributed by atoms with Crippen LogP contribution in [0, 0.1) is 0 Å². The van der Waals surface area contributed by atoms with E-state index < -0.39 is 5.97 Å². The van der Waals surface area contributed by atoms with E-state index in [1.807, 2.05) is 6.92 Å². The molecular weight excluding hydrogens is 178 g/mol. The molecule has 0 fully saturated rings. The molecule has 0 aliphatic rings. The first-order valence-electron chi connectivity index (χ1n) is 3.67. The molecule has 0 spiro atoms. The molecule has 0 aliphatic heterocycles. The Kier molecular flexibility index (Phi) is 6.55. The molecule has 0 unspecified atom stereocenters. The summed E-state index contributed by atoms with van der Waals surface area (Å²) in [5.41, 5.74) is 0. The number of hydrogen-bond donors (Lipinski definition) is 0. The van der Waals surface area contributed by atoms with E-state index in [-0.39, 0.29) is 5.04 Å². The number of carbonyl (C=O) groups excluding carboxylic acids is 1. The van der Waals surface area contributed by atoms with Gasteiger partial charge in [-0.25, -0.2) is 4.79 Å². The second kappa shape index (κ2) is 6.97. The highest BCUT2D eigenvalue weighted by Crippen LogP contribution is 2.05. The number of carbonyl (C=O) groups is 1. The molecule has 12 heavy (non-hydrogen) atoms. The van der Waals surface area contributed by atoms with Crippen LogP contribution in [0.3, 0.4) is 0 Å². The molecule has 0 N–H and O–H groups in total. The lowest BCUT2D eigenvalue weighted by Crippen LogP contribution is -2.14. The van der Waals surface area contributed by atoms with Crippen molar-refractivity contribution in [1.29, 1.82) is 0 Å². The molecular formula is C7H13NO3S. The van der Waals surface area contributed by atoms with Crippen molar-refractivity contribution in [2.24, 2.45) is 5.16 Å². The lowest BCUT2D eigenvalue weighted by atomic mass is 10.7. The van der Waals surface area contributed by atoms with E-state index >= 15 is 0 Å². The maximum Gasteiger partial charge on any atom is 0.367 e. The largest absolute Gasteiger partial charge is 0.461 e. The van der Waals surface area contributed by atoms with Crippen molar-refractivity contribution in [3.63, 3.8) is 0 Å². The van der Waals surface area contributed by atoms with Gasteiger partial charge in [0.15, 0.2) is 0 Å². The van der Waals surface area contributed by atoms with Gasteiger partial charge >= 0.3 is 5.97 Å². The number of oxime groups is 1. The normalized spacial score (nSPS) is 11.1. The van der Waals surface area contributed by atoms with E-state index in [1.54, 1.807) is 6.92 Å². The van der Waals surface area contributed by atoms with Crippen molar-refractivity contribution in [1.82, 2.24) is 0 Å². The zero-order valence-corrected chi connectivity index (χ0v) is 8.31. The van der Waals surface area contributed by atoms with E-state index in [4.69, 9.17) is 4.74 Å². The predicted molar refractivity (Wildman–Crippen MR) is 49.2 cm³/mol. The van der Waals surface area contributed by atoms with Crippen LogP contribution in [0.25, 0.3) is 0 Å². The molecule has 0 aromatic heterocycles. The van der Waals surface area contributed by atoms with Crippen molar-refractivity contribution < 1.29 is 14.4 Å². The zero-order valence-electron chi connectivity index (χ0n) is 7.49. The first kappa shape index (κ1) is 11.3. The summed E-state index contributed by atoms with van der Waals surface area (Å²) in [5, 5.41) is 3.80. The van der Waals surface area contributed by atoms with E-state index in [2.05, 4.69) is 9.99 Å². The van der Waals surface area contributed by atoms with Crippen LogP contribution in [0.5, 0.6) is 0 Å². The minimum atomic E-state index is -0.425. The van der Waals surface area contributed by atoms with E-state index in [9.17, 15) is 4.79 Å².